The molecule has 2 atom stereocenters. The predicted octanol–water partition coefficient (Wildman–Crippen LogP) is 5.75. The fourth-order valence-corrected chi connectivity index (χ4v) is 2.87. The van der Waals surface area contributed by atoms with Crippen molar-refractivity contribution in [1.29, 1.82) is 0 Å². The van der Waals surface area contributed by atoms with Gasteiger partial charge in [-0.25, -0.2) is 4.79 Å². The Kier molecular flexibility index (Phi) is 8.10. The molecule has 0 heterocycles. The summed E-state index contributed by atoms with van der Waals surface area (Å²) in [5, 5.41) is 0. The first kappa shape index (κ1) is 23.5. The van der Waals surface area contributed by atoms with Gasteiger partial charge in [-0.2, -0.15) is 0 Å². The molecule has 161 valence electrons. The molecule has 1 radical (unpaired) electrons. The topological polar surface area (TPSA) is 44.8 Å². The Labute approximate surface area is 180 Å². The standard InChI is InChI=1S/C26H33O4/c1-18(2)16-28-23-12-8-21(9-13-23)26(6,7)22-10-14-24(15-11-22)29-17-20(5)30-25(27)19(3)4/h8-15,18,20H,1,3,16-17H2,2,4-7H3. The smallest absolute Gasteiger partial charge is 0.333 e. The monoisotopic (exact) mass is 409 g/mol. The largest absolute Gasteiger partial charge is 0.493 e. The minimum atomic E-state index is -0.402. The van der Waals surface area contributed by atoms with Crippen LogP contribution in [0.5, 0.6) is 11.5 Å². The summed E-state index contributed by atoms with van der Waals surface area (Å²) < 4.78 is 16.7. The van der Waals surface area contributed by atoms with Gasteiger partial charge in [0.15, 0.2) is 0 Å². The van der Waals surface area contributed by atoms with Crippen LogP contribution in [0.1, 0.15) is 45.7 Å². The van der Waals surface area contributed by atoms with Crippen LogP contribution in [0, 0.1) is 12.8 Å². The molecule has 2 aromatic carbocycles. The molecular formula is C26H33O4. The van der Waals surface area contributed by atoms with E-state index in [1.165, 1.54) is 11.1 Å². The molecule has 2 unspecified atom stereocenters. The van der Waals surface area contributed by atoms with Crippen molar-refractivity contribution in [2.75, 3.05) is 13.2 Å². The summed E-state index contributed by atoms with van der Waals surface area (Å²) in [5.74, 6) is 1.44. The zero-order valence-corrected chi connectivity index (χ0v) is 18.7. The van der Waals surface area contributed by atoms with Gasteiger partial charge in [0.05, 0.1) is 6.61 Å². The fraction of sp³-hybridized carbons (Fsp3) is 0.385. The second-order valence-electron chi connectivity index (χ2n) is 8.40. The van der Waals surface area contributed by atoms with E-state index in [0.717, 1.165) is 11.5 Å². The maximum absolute atomic E-state index is 11.6. The Bertz CT molecular complexity index is 832. The maximum Gasteiger partial charge on any atom is 0.333 e. The van der Waals surface area contributed by atoms with Gasteiger partial charge in [0.2, 0.25) is 0 Å². The molecule has 0 aliphatic rings. The number of rotatable bonds is 10. The summed E-state index contributed by atoms with van der Waals surface area (Å²) in [6, 6.07) is 16.2. The lowest BCUT2D eigenvalue weighted by atomic mass is 9.78. The maximum atomic E-state index is 11.6. The third-order valence-corrected chi connectivity index (χ3v) is 4.83. The number of carbonyl (C=O) groups is 1. The minimum Gasteiger partial charge on any atom is -0.493 e. The second-order valence-corrected chi connectivity index (χ2v) is 8.40. The lowest BCUT2D eigenvalue weighted by molar-refractivity contribution is -0.144. The molecule has 0 saturated heterocycles. The molecule has 0 amide bonds. The number of carbonyl (C=O) groups excluding carboxylic acids is 1. The van der Waals surface area contributed by atoms with Crippen LogP contribution < -0.4 is 9.47 Å². The summed E-state index contributed by atoms with van der Waals surface area (Å²) >= 11 is 0. The van der Waals surface area contributed by atoms with Gasteiger partial charge in [-0.05, 0) is 62.1 Å². The molecule has 0 aromatic heterocycles. The zero-order valence-electron chi connectivity index (χ0n) is 18.7. The van der Waals surface area contributed by atoms with Gasteiger partial charge in [-0.1, -0.05) is 51.6 Å². The number of hydrogen-bond acceptors (Lipinski definition) is 4. The third kappa shape index (κ3) is 6.65. The second kappa shape index (κ2) is 10.3. The van der Waals surface area contributed by atoms with Crippen molar-refractivity contribution in [2.24, 2.45) is 5.92 Å². The molecule has 2 aromatic rings. The molecule has 30 heavy (non-hydrogen) atoms. The Hall–Kier alpha value is -2.75. The van der Waals surface area contributed by atoms with Crippen LogP contribution in [0.25, 0.3) is 0 Å². The normalized spacial score (nSPS) is 12.4. The number of esters is 1. The van der Waals surface area contributed by atoms with Crippen molar-refractivity contribution < 1.29 is 19.0 Å². The SMILES string of the molecule is [CH2]C(C)COc1ccc(C(C)(C)c2ccc(OCC(C)OC(=O)C(=C)C)cc2)cc1. The van der Waals surface area contributed by atoms with Gasteiger partial charge in [0, 0.05) is 11.0 Å². The van der Waals surface area contributed by atoms with Crippen molar-refractivity contribution in [2.45, 2.75) is 46.1 Å². The first-order chi connectivity index (χ1) is 14.1. The molecule has 0 N–H and O–H groups in total. The average Bonchev–Trinajstić information content (AvgIpc) is 2.71. The van der Waals surface area contributed by atoms with Gasteiger partial charge in [-0.3, -0.25) is 0 Å². The molecule has 0 saturated carbocycles. The van der Waals surface area contributed by atoms with Crippen LogP contribution in [-0.2, 0) is 14.9 Å². The number of benzene rings is 2. The highest BCUT2D eigenvalue weighted by atomic mass is 16.6. The number of hydrogen-bond donors (Lipinski definition) is 0. The molecule has 0 spiro atoms. The predicted molar refractivity (Wildman–Crippen MR) is 121 cm³/mol. The van der Waals surface area contributed by atoms with Crippen molar-refractivity contribution in [3.8, 4) is 11.5 Å². The molecule has 0 aliphatic heterocycles. The van der Waals surface area contributed by atoms with Crippen LogP contribution in [0.3, 0.4) is 0 Å². The number of ether oxygens (including phenoxy) is 3. The van der Waals surface area contributed by atoms with Gasteiger partial charge in [-0.15, -0.1) is 0 Å². The van der Waals surface area contributed by atoms with E-state index in [-0.39, 0.29) is 24.0 Å². The van der Waals surface area contributed by atoms with Gasteiger partial charge in [0.1, 0.15) is 24.2 Å². The fourth-order valence-electron chi connectivity index (χ4n) is 2.87. The van der Waals surface area contributed by atoms with E-state index in [1.54, 1.807) is 13.8 Å². The third-order valence-electron chi connectivity index (χ3n) is 4.83. The van der Waals surface area contributed by atoms with Gasteiger partial charge in [0.25, 0.3) is 0 Å². The van der Waals surface area contributed by atoms with E-state index < -0.39 is 5.97 Å². The van der Waals surface area contributed by atoms with E-state index in [0.29, 0.717) is 12.2 Å². The molecule has 0 bridgehead atoms. The Balaban J connectivity index is 1.98. The van der Waals surface area contributed by atoms with E-state index in [9.17, 15) is 4.79 Å². The summed E-state index contributed by atoms with van der Waals surface area (Å²) in [4.78, 5) is 11.6. The molecule has 2 rings (SSSR count). The first-order valence-corrected chi connectivity index (χ1v) is 10.3. The van der Waals surface area contributed by atoms with E-state index in [1.807, 2.05) is 31.2 Å². The first-order valence-electron chi connectivity index (χ1n) is 10.3. The van der Waals surface area contributed by atoms with E-state index in [2.05, 4.69) is 51.6 Å². The van der Waals surface area contributed by atoms with Crippen LogP contribution in [0.4, 0.5) is 0 Å². The van der Waals surface area contributed by atoms with Crippen molar-refractivity contribution in [1.82, 2.24) is 0 Å². The molecule has 0 aliphatic carbocycles. The highest BCUT2D eigenvalue weighted by molar-refractivity contribution is 5.87. The summed E-state index contributed by atoms with van der Waals surface area (Å²) in [7, 11) is 0. The van der Waals surface area contributed by atoms with Crippen molar-refractivity contribution in [3.63, 3.8) is 0 Å². The molecular weight excluding hydrogens is 376 g/mol. The van der Waals surface area contributed by atoms with Gasteiger partial charge < -0.3 is 14.2 Å². The quantitative estimate of drug-likeness (QED) is 0.370. The average molecular weight is 410 g/mol. The lowest BCUT2D eigenvalue weighted by Gasteiger charge is -2.26. The molecule has 4 nitrogen and oxygen atoms in total. The van der Waals surface area contributed by atoms with Crippen molar-refractivity contribution in [3.05, 3.63) is 78.7 Å². The minimum absolute atomic E-state index is 0.166. The Morgan fingerprint density at radius 3 is 1.73 bits per heavy atom. The summed E-state index contributed by atoms with van der Waals surface area (Å²) in [6.45, 7) is 18.2. The van der Waals surface area contributed by atoms with Crippen LogP contribution in [-0.4, -0.2) is 25.3 Å². The van der Waals surface area contributed by atoms with Crippen molar-refractivity contribution >= 4 is 5.97 Å². The summed E-state index contributed by atoms with van der Waals surface area (Å²) in [5.41, 5.74) is 2.59. The van der Waals surface area contributed by atoms with E-state index >= 15 is 0 Å². The Morgan fingerprint density at radius 1 is 0.900 bits per heavy atom. The Morgan fingerprint density at radius 2 is 1.33 bits per heavy atom. The highest BCUT2D eigenvalue weighted by Gasteiger charge is 2.23. The van der Waals surface area contributed by atoms with Crippen LogP contribution in [0.15, 0.2) is 60.7 Å². The molecule has 0 fully saturated rings. The van der Waals surface area contributed by atoms with Crippen LogP contribution >= 0.6 is 0 Å². The lowest BCUT2D eigenvalue weighted by Crippen LogP contribution is -2.22. The van der Waals surface area contributed by atoms with Gasteiger partial charge >= 0.3 is 5.97 Å². The molecule has 4 heteroatoms. The highest BCUT2D eigenvalue weighted by Crippen LogP contribution is 2.33. The summed E-state index contributed by atoms with van der Waals surface area (Å²) in [6.07, 6.45) is -0.350. The van der Waals surface area contributed by atoms with Crippen LogP contribution in [0.2, 0.25) is 0 Å². The van der Waals surface area contributed by atoms with E-state index in [4.69, 9.17) is 14.2 Å². The zero-order chi connectivity index (χ0) is 22.3.